The van der Waals surface area contributed by atoms with Crippen LogP contribution in [-0.2, 0) is 36.5 Å². The number of aryl methyl sites for hydroxylation is 1. The molecule has 320 valence electrons. The van der Waals surface area contributed by atoms with Gasteiger partial charge in [-0.25, -0.2) is 21.6 Å². The SMILES string of the molecule is CCCCCCCCCCCCNS(=O)(=O)c1ccc(NC(=O)C(Oc2ccc(S(C)(=O)=O)cc2NC(C)=O)C(=O)c2c(-c3ccccc3)n(C)c3ccccc23)c(Cl)c1. The molecule has 5 rings (SSSR count). The average Bonchev–Trinajstić information content (AvgIpc) is 3.51. The van der Waals surface area contributed by atoms with E-state index in [4.69, 9.17) is 16.3 Å². The molecule has 0 radical (unpaired) electrons. The highest BCUT2D eigenvalue weighted by Gasteiger charge is 2.36. The molecule has 0 aliphatic heterocycles. The summed E-state index contributed by atoms with van der Waals surface area (Å²) in [6.07, 6.45) is 10.3. The second kappa shape index (κ2) is 21.0. The number of rotatable bonds is 22. The molecule has 60 heavy (non-hydrogen) atoms. The zero-order chi connectivity index (χ0) is 43.5. The predicted octanol–water partition coefficient (Wildman–Crippen LogP) is 9.33. The topological polar surface area (TPSA) is 170 Å². The number of carbonyl (C=O) groups is 3. The van der Waals surface area contributed by atoms with E-state index in [9.17, 15) is 31.2 Å². The van der Waals surface area contributed by atoms with Crippen LogP contribution in [0.3, 0.4) is 0 Å². The molecule has 12 nitrogen and oxygen atoms in total. The molecule has 0 aliphatic rings. The average molecular weight is 878 g/mol. The minimum atomic E-state index is -3.93. The zero-order valence-electron chi connectivity index (χ0n) is 34.4. The Morgan fingerprint density at radius 2 is 1.35 bits per heavy atom. The third-order valence-corrected chi connectivity index (χ3v) is 13.0. The number of ether oxygens (including phenoxy) is 1. The maximum absolute atomic E-state index is 15.0. The van der Waals surface area contributed by atoms with Crippen molar-refractivity contribution >= 4 is 71.3 Å². The minimum Gasteiger partial charge on any atom is -0.470 e. The number of nitrogens with zero attached hydrogens (tertiary/aromatic N) is 1. The van der Waals surface area contributed by atoms with Gasteiger partial charge >= 0.3 is 0 Å². The monoisotopic (exact) mass is 876 g/mol. The van der Waals surface area contributed by atoms with Gasteiger partial charge in [0.1, 0.15) is 5.75 Å². The lowest BCUT2D eigenvalue weighted by Crippen LogP contribution is -2.40. The minimum absolute atomic E-state index is 0.00687. The molecule has 1 unspecified atom stereocenters. The Balaban J connectivity index is 1.42. The standard InChI is InChI=1S/C45H53ClN4O8S2/c1-5-6-7-8-9-10-11-12-13-19-28-47-60(56,57)34-24-26-37(36(46)29-34)49-45(53)44(58-40-27-25-33(59(4,54)55)30-38(40)48-31(2)51)43(52)41-35-22-17-18-23-39(35)50(3)42(41)32-20-15-14-16-21-32/h14-18,20-27,29-30,44,47H,5-13,19,28H2,1-4H3,(H,48,51)(H,49,53). The van der Waals surface area contributed by atoms with Crippen molar-refractivity contribution in [3.63, 3.8) is 0 Å². The molecular weight excluding hydrogens is 824 g/mol. The van der Waals surface area contributed by atoms with Crippen molar-refractivity contribution in [2.24, 2.45) is 7.05 Å². The van der Waals surface area contributed by atoms with Crippen LogP contribution >= 0.6 is 11.6 Å². The number of fused-ring (bicyclic) bond motifs is 1. The van der Waals surface area contributed by atoms with Gasteiger partial charge in [-0.1, -0.05) is 125 Å². The zero-order valence-corrected chi connectivity index (χ0v) is 36.8. The maximum Gasteiger partial charge on any atom is 0.273 e. The number of halogens is 1. The van der Waals surface area contributed by atoms with Gasteiger partial charge in [0.15, 0.2) is 9.84 Å². The molecule has 1 aromatic heterocycles. The molecule has 0 saturated heterocycles. The Morgan fingerprint density at radius 1 is 0.733 bits per heavy atom. The van der Waals surface area contributed by atoms with Crippen LogP contribution < -0.4 is 20.1 Å². The van der Waals surface area contributed by atoms with E-state index in [1.54, 1.807) is 19.2 Å². The molecule has 0 bridgehead atoms. The van der Waals surface area contributed by atoms with E-state index in [1.807, 2.05) is 47.0 Å². The molecule has 0 saturated carbocycles. The van der Waals surface area contributed by atoms with Gasteiger partial charge in [-0.3, -0.25) is 14.4 Å². The number of benzene rings is 4. The van der Waals surface area contributed by atoms with Gasteiger partial charge in [0.25, 0.3) is 5.91 Å². The molecule has 2 amide bonds. The summed E-state index contributed by atoms with van der Waals surface area (Å²) in [6, 6.07) is 23.9. The van der Waals surface area contributed by atoms with Gasteiger partial charge in [0.2, 0.25) is 27.8 Å². The first-order valence-electron chi connectivity index (χ1n) is 20.2. The lowest BCUT2D eigenvalue weighted by molar-refractivity contribution is -0.120. The Bertz CT molecular complexity index is 2540. The fraction of sp³-hybridized carbons (Fsp3) is 0.356. The number of aromatic nitrogens is 1. The number of amides is 2. The number of unbranched alkanes of at least 4 members (excludes halogenated alkanes) is 9. The summed E-state index contributed by atoms with van der Waals surface area (Å²) in [6.45, 7) is 3.68. The molecule has 3 N–H and O–H groups in total. The first-order valence-corrected chi connectivity index (χ1v) is 23.9. The van der Waals surface area contributed by atoms with Crippen LogP contribution in [0.4, 0.5) is 11.4 Å². The van der Waals surface area contributed by atoms with Gasteiger partial charge in [-0.15, -0.1) is 0 Å². The van der Waals surface area contributed by atoms with Crippen LogP contribution in [0.1, 0.15) is 88.4 Å². The van der Waals surface area contributed by atoms with Crippen LogP contribution in [0.5, 0.6) is 5.75 Å². The highest BCUT2D eigenvalue weighted by atomic mass is 35.5. The van der Waals surface area contributed by atoms with E-state index in [0.717, 1.165) is 25.5 Å². The van der Waals surface area contributed by atoms with Gasteiger partial charge < -0.3 is 19.9 Å². The first-order chi connectivity index (χ1) is 28.6. The lowest BCUT2D eigenvalue weighted by atomic mass is 9.98. The molecule has 0 aliphatic carbocycles. The summed E-state index contributed by atoms with van der Waals surface area (Å²) in [5.41, 5.74) is 2.00. The van der Waals surface area contributed by atoms with E-state index in [2.05, 4.69) is 22.3 Å². The highest BCUT2D eigenvalue weighted by molar-refractivity contribution is 7.90. The van der Waals surface area contributed by atoms with E-state index in [1.165, 1.54) is 81.8 Å². The fourth-order valence-corrected chi connectivity index (χ4v) is 9.10. The summed E-state index contributed by atoms with van der Waals surface area (Å²) >= 11 is 6.60. The fourth-order valence-electron chi connectivity index (χ4n) is 7.06. The number of anilines is 2. The van der Waals surface area contributed by atoms with Gasteiger partial charge in [0.05, 0.1) is 37.4 Å². The molecule has 4 aromatic carbocycles. The summed E-state index contributed by atoms with van der Waals surface area (Å²) < 4.78 is 61.9. The number of carbonyl (C=O) groups excluding carboxylic acids is 3. The number of hydrogen-bond acceptors (Lipinski definition) is 8. The Labute approximate surface area is 358 Å². The third kappa shape index (κ3) is 11.8. The molecule has 1 atom stereocenters. The number of nitrogens with one attached hydrogen (secondary N) is 3. The van der Waals surface area contributed by atoms with E-state index >= 15 is 0 Å². The number of sulfone groups is 1. The Morgan fingerprint density at radius 3 is 1.98 bits per heavy atom. The molecule has 1 heterocycles. The summed E-state index contributed by atoms with van der Waals surface area (Å²) in [5, 5.41) is 5.61. The Kier molecular flexibility index (Phi) is 16.1. The van der Waals surface area contributed by atoms with Gasteiger partial charge in [0, 0.05) is 37.7 Å². The predicted molar refractivity (Wildman–Crippen MR) is 238 cm³/mol. The molecule has 5 aromatic rings. The second-order valence-electron chi connectivity index (χ2n) is 14.8. The van der Waals surface area contributed by atoms with Crippen molar-refractivity contribution in [2.45, 2.75) is 94.0 Å². The van der Waals surface area contributed by atoms with Crippen molar-refractivity contribution in [1.82, 2.24) is 9.29 Å². The van der Waals surface area contributed by atoms with Crippen LogP contribution in [0.25, 0.3) is 22.2 Å². The number of hydrogen-bond donors (Lipinski definition) is 3. The van der Waals surface area contributed by atoms with Crippen molar-refractivity contribution < 1.29 is 36.0 Å². The molecule has 0 fully saturated rings. The third-order valence-electron chi connectivity index (χ3n) is 10.1. The quantitative estimate of drug-likeness (QED) is 0.0351. The highest BCUT2D eigenvalue weighted by Crippen LogP contribution is 2.36. The van der Waals surface area contributed by atoms with Crippen LogP contribution in [-0.4, -0.2) is 57.9 Å². The van der Waals surface area contributed by atoms with Gasteiger partial charge in [-0.2, -0.15) is 0 Å². The van der Waals surface area contributed by atoms with Crippen molar-refractivity contribution in [2.75, 3.05) is 23.4 Å². The van der Waals surface area contributed by atoms with Crippen LogP contribution in [0.15, 0.2) is 101 Å². The second-order valence-corrected chi connectivity index (χ2v) is 19.0. The number of ketones is 1. The summed E-state index contributed by atoms with van der Waals surface area (Å²) in [4.78, 5) is 41.4. The summed E-state index contributed by atoms with van der Waals surface area (Å²) in [5.74, 6) is -2.44. The van der Waals surface area contributed by atoms with Crippen LogP contribution in [0.2, 0.25) is 5.02 Å². The van der Waals surface area contributed by atoms with Gasteiger partial charge in [-0.05, 0) is 54.4 Å². The van der Waals surface area contributed by atoms with Crippen molar-refractivity contribution in [1.29, 1.82) is 0 Å². The normalized spacial score (nSPS) is 12.3. The summed E-state index contributed by atoms with van der Waals surface area (Å²) in [7, 11) is -5.86. The Hall–Kier alpha value is -5.02. The van der Waals surface area contributed by atoms with Crippen molar-refractivity contribution in [3.8, 4) is 17.0 Å². The van der Waals surface area contributed by atoms with Crippen molar-refractivity contribution in [3.05, 3.63) is 102 Å². The first kappa shape index (κ1) is 46.1. The number of sulfonamides is 1. The number of para-hydroxylation sites is 1. The maximum atomic E-state index is 15.0. The molecular formula is C45H53ClN4O8S2. The molecule has 0 spiro atoms. The lowest BCUT2D eigenvalue weighted by Gasteiger charge is -2.21. The van der Waals surface area contributed by atoms with E-state index < -0.39 is 43.6 Å². The number of Topliss-reactive ketones (excluding diaryl/α,β-unsaturated/α-hetero) is 1. The van der Waals surface area contributed by atoms with E-state index in [0.29, 0.717) is 28.6 Å². The van der Waals surface area contributed by atoms with Crippen LogP contribution in [0, 0.1) is 0 Å². The molecule has 15 heteroatoms. The smallest absolute Gasteiger partial charge is 0.273 e. The largest absolute Gasteiger partial charge is 0.470 e. The van der Waals surface area contributed by atoms with E-state index in [-0.39, 0.29) is 44.0 Å².